The van der Waals surface area contributed by atoms with Crippen molar-refractivity contribution < 1.29 is 39.9 Å². The number of nitrogens with zero attached hydrogens (tertiary/aromatic N) is 2. The molecule has 1 N–H and O–H groups in total. The summed E-state index contributed by atoms with van der Waals surface area (Å²) in [6, 6.07) is 5.27. The fourth-order valence-corrected chi connectivity index (χ4v) is 4.79. The maximum Gasteiger partial charge on any atom is 0.422 e. The summed E-state index contributed by atoms with van der Waals surface area (Å²) >= 11 is 0. The van der Waals surface area contributed by atoms with Crippen LogP contribution in [-0.2, 0) is 21.4 Å². The van der Waals surface area contributed by atoms with Crippen molar-refractivity contribution in [3.8, 4) is 5.88 Å². The molecule has 1 amide bonds. The van der Waals surface area contributed by atoms with Crippen LogP contribution >= 0.6 is 0 Å². The number of ether oxygens (including phenoxy) is 1. The molecule has 1 saturated heterocycles. The summed E-state index contributed by atoms with van der Waals surface area (Å²) < 4.78 is 94.7. The number of aromatic nitrogens is 1. The monoisotopic (exact) mass is 493 g/mol. The molecule has 1 aliphatic rings. The van der Waals surface area contributed by atoms with Gasteiger partial charge in [-0.1, -0.05) is 6.07 Å². The Morgan fingerprint density at radius 1 is 1.15 bits per heavy atom. The number of piperidine rings is 1. The molecule has 0 unspecified atom stereocenters. The summed E-state index contributed by atoms with van der Waals surface area (Å²) in [5, 5.41) is 2.61. The molecule has 3 rings (SSSR count). The number of sulfonamides is 1. The lowest BCUT2D eigenvalue weighted by Crippen LogP contribution is -2.42. The summed E-state index contributed by atoms with van der Waals surface area (Å²) in [6.07, 6.45) is -2.91. The van der Waals surface area contributed by atoms with Gasteiger partial charge in [0.2, 0.25) is 21.8 Å². The normalized spacial score (nSPS) is 15.9. The van der Waals surface area contributed by atoms with Gasteiger partial charge in [-0.2, -0.15) is 17.5 Å². The van der Waals surface area contributed by atoms with Gasteiger partial charge in [0, 0.05) is 37.3 Å². The molecule has 0 spiro atoms. The molecule has 0 aliphatic carbocycles. The van der Waals surface area contributed by atoms with Crippen molar-refractivity contribution in [1.29, 1.82) is 0 Å². The first kappa shape index (κ1) is 24.8. The van der Waals surface area contributed by atoms with E-state index < -0.39 is 46.3 Å². The smallest absolute Gasteiger partial charge is 0.422 e. The van der Waals surface area contributed by atoms with E-state index in [0.717, 1.165) is 16.4 Å². The number of rotatable bonds is 7. The Bertz CT molecular complexity index is 1100. The Kier molecular flexibility index (Phi) is 7.52. The maximum atomic E-state index is 13.4. The molecule has 1 fully saturated rings. The fourth-order valence-electron chi connectivity index (χ4n) is 3.31. The molecular weight excluding hydrogens is 473 g/mol. The van der Waals surface area contributed by atoms with Crippen LogP contribution in [0.4, 0.5) is 22.0 Å². The quantitative estimate of drug-likeness (QED) is 0.600. The van der Waals surface area contributed by atoms with Gasteiger partial charge in [0.1, 0.15) is 0 Å². The molecule has 0 atom stereocenters. The van der Waals surface area contributed by atoms with Gasteiger partial charge in [0.05, 0.1) is 4.90 Å². The first-order valence-electron chi connectivity index (χ1n) is 9.84. The number of carbonyl (C=O) groups excluding carboxylic acids is 1. The lowest BCUT2D eigenvalue weighted by Gasteiger charge is -2.30. The topological polar surface area (TPSA) is 88.6 Å². The first-order chi connectivity index (χ1) is 15.5. The predicted molar refractivity (Wildman–Crippen MR) is 105 cm³/mol. The van der Waals surface area contributed by atoms with E-state index in [9.17, 15) is 35.2 Å². The zero-order valence-electron chi connectivity index (χ0n) is 17.1. The largest absolute Gasteiger partial charge is 0.468 e. The molecule has 2 aromatic rings. The van der Waals surface area contributed by atoms with E-state index >= 15 is 0 Å². The summed E-state index contributed by atoms with van der Waals surface area (Å²) in [4.78, 5) is 15.9. The van der Waals surface area contributed by atoms with E-state index in [1.807, 2.05) is 0 Å². The van der Waals surface area contributed by atoms with Gasteiger partial charge < -0.3 is 10.1 Å². The second kappa shape index (κ2) is 10.00. The highest BCUT2D eigenvalue weighted by molar-refractivity contribution is 7.89. The zero-order chi connectivity index (χ0) is 24.2. The highest BCUT2D eigenvalue weighted by Gasteiger charge is 2.33. The van der Waals surface area contributed by atoms with E-state index in [2.05, 4.69) is 15.0 Å². The van der Waals surface area contributed by atoms with E-state index in [1.54, 1.807) is 0 Å². The van der Waals surface area contributed by atoms with E-state index in [1.165, 1.54) is 18.3 Å². The number of carbonyl (C=O) groups is 1. The second-order valence-corrected chi connectivity index (χ2v) is 9.28. The Morgan fingerprint density at radius 3 is 2.48 bits per heavy atom. The van der Waals surface area contributed by atoms with Crippen LogP contribution in [0.1, 0.15) is 18.4 Å². The highest BCUT2D eigenvalue weighted by Crippen LogP contribution is 2.25. The molecule has 0 bridgehead atoms. The first-order valence-corrected chi connectivity index (χ1v) is 11.3. The van der Waals surface area contributed by atoms with Crippen LogP contribution in [0, 0.1) is 17.6 Å². The molecule has 1 aliphatic heterocycles. The average Bonchev–Trinajstić information content (AvgIpc) is 2.78. The van der Waals surface area contributed by atoms with Crippen LogP contribution in [0.2, 0.25) is 0 Å². The Morgan fingerprint density at radius 2 is 1.85 bits per heavy atom. The van der Waals surface area contributed by atoms with Gasteiger partial charge in [-0.15, -0.1) is 0 Å². The molecular formula is C20H20F5N3O4S. The Hall–Kier alpha value is -2.80. The number of halogens is 5. The summed E-state index contributed by atoms with van der Waals surface area (Å²) in [6.45, 7) is -1.65. The number of hydrogen-bond donors (Lipinski definition) is 1. The minimum absolute atomic E-state index is 0.00769. The molecule has 0 radical (unpaired) electrons. The maximum absolute atomic E-state index is 13.4. The Balaban J connectivity index is 1.55. The van der Waals surface area contributed by atoms with Crippen LogP contribution in [-0.4, -0.2) is 49.5 Å². The van der Waals surface area contributed by atoms with Gasteiger partial charge in [0.25, 0.3) is 0 Å². The number of pyridine rings is 1. The van der Waals surface area contributed by atoms with E-state index in [-0.39, 0.29) is 48.8 Å². The third kappa shape index (κ3) is 6.38. The van der Waals surface area contributed by atoms with Gasteiger partial charge in [-0.05, 0) is 37.1 Å². The minimum atomic E-state index is -4.54. The lowest BCUT2D eigenvalue weighted by molar-refractivity contribution is -0.154. The number of benzene rings is 1. The number of nitrogens with one attached hydrogen (secondary N) is 1. The van der Waals surface area contributed by atoms with Gasteiger partial charge in [0.15, 0.2) is 18.2 Å². The van der Waals surface area contributed by atoms with Crippen LogP contribution in [0.5, 0.6) is 5.88 Å². The molecule has 0 saturated carbocycles. The third-order valence-electron chi connectivity index (χ3n) is 5.03. The summed E-state index contributed by atoms with van der Waals surface area (Å²) in [7, 11) is -4.05. The molecule has 33 heavy (non-hydrogen) atoms. The SMILES string of the molecule is O=C(NCc1cccnc1OCC(F)(F)F)C1CCN(S(=O)(=O)c2ccc(F)c(F)c2)CC1. The van der Waals surface area contributed by atoms with Crippen molar-refractivity contribution in [2.45, 2.75) is 30.5 Å². The molecule has 13 heteroatoms. The molecule has 2 heterocycles. The van der Waals surface area contributed by atoms with Crippen molar-refractivity contribution in [2.24, 2.45) is 5.92 Å². The molecule has 180 valence electrons. The van der Waals surface area contributed by atoms with Crippen molar-refractivity contribution in [2.75, 3.05) is 19.7 Å². The van der Waals surface area contributed by atoms with Crippen molar-refractivity contribution in [3.63, 3.8) is 0 Å². The van der Waals surface area contributed by atoms with Crippen molar-refractivity contribution in [3.05, 3.63) is 53.7 Å². The lowest BCUT2D eigenvalue weighted by atomic mass is 9.97. The predicted octanol–water partition coefficient (Wildman–Crippen LogP) is 3.02. The van der Waals surface area contributed by atoms with Gasteiger partial charge >= 0.3 is 6.18 Å². The second-order valence-electron chi connectivity index (χ2n) is 7.34. The molecule has 1 aromatic carbocycles. The van der Waals surface area contributed by atoms with Gasteiger partial charge in [-0.25, -0.2) is 22.2 Å². The molecule has 7 nitrogen and oxygen atoms in total. The average molecular weight is 493 g/mol. The Labute approximate surface area is 186 Å². The minimum Gasteiger partial charge on any atom is -0.468 e. The summed E-state index contributed by atoms with van der Waals surface area (Å²) in [5.74, 6) is -3.62. The number of alkyl halides is 3. The highest BCUT2D eigenvalue weighted by atomic mass is 32.2. The van der Waals surface area contributed by atoms with Crippen LogP contribution < -0.4 is 10.1 Å². The van der Waals surface area contributed by atoms with E-state index in [0.29, 0.717) is 6.07 Å². The van der Waals surface area contributed by atoms with Crippen molar-refractivity contribution >= 4 is 15.9 Å². The van der Waals surface area contributed by atoms with Crippen LogP contribution in [0.25, 0.3) is 0 Å². The van der Waals surface area contributed by atoms with E-state index in [4.69, 9.17) is 0 Å². The standard InChI is InChI=1S/C20H20F5N3O4S/c21-16-4-3-15(10-17(16)22)33(30,31)28-8-5-13(6-9-28)18(29)27-11-14-2-1-7-26-19(14)32-12-20(23,24)25/h1-4,7,10,13H,5-6,8-9,11-12H2,(H,27,29). The van der Waals surface area contributed by atoms with Crippen LogP contribution in [0.15, 0.2) is 41.4 Å². The molecule has 1 aromatic heterocycles. The van der Waals surface area contributed by atoms with Gasteiger partial charge in [-0.3, -0.25) is 4.79 Å². The number of amides is 1. The van der Waals surface area contributed by atoms with Crippen molar-refractivity contribution in [1.82, 2.24) is 14.6 Å². The zero-order valence-corrected chi connectivity index (χ0v) is 17.9. The number of hydrogen-bond acceptors (Lipinski definition) is 5. The third-order valence-corrected chi connectivity index (χ3v) is 6.92. The summed E-state index contributed by atoms with van der Waals surface area (Å²) in [5.41, 5.74) is 0.258. The van der Waals surface area contributed by atoms with Crippen LogP contribution in [0.3, 0.4) is 0 Å². The fraction of sp³-hybridized carbons (Fsp3) is 0.400.